The SMILES string of the molecule is CC(C)[C@@H](OCc1cccc(C#N)c1)C(=O)NC1(c2ccc(C(=O)O)cc2)CC1. The number of carboxylic acid groups (broad SMARTS) is 1. The van der Waals surface area contributed by atoms with E-state index in [1.54, 1.807) is 42.5 Å². The number of carboxylic acids is 1. The highest BCUT2D eigenvalue weighted by Crippen LogP contribution is 2.45. The van der Waals surface area contributed by atoms with Crippen LogP contribution < -0.4 is 5.32 Å². The van der Waals surface area contributed by atoms with Crippen molar-refractivity contribution in [2.75, 3.05) is 0 Å². The Morgan fingerprint density at radius 3 is 2.45 bits per heavy atom. The standard InChI is InChI=1S/C23H24N2O4/c1-15(2)20(29-14-17-5-3-4-16(12-17)13-24)21(26)25-23(10-11-23)19-8-6-18(7-9-19)22(27)28/h3-9,12,15,20H,10-11,14H2,1-2H3,(H,25,26)(H,27,28)/t20-/m1/s1. The molecule has 2 aromatic carbocycles. The van der Waals surface area contributed by atoms with Crippen molar-refractivity contribution in [1.29, 1.82) is 5.26 Å². The fourth-order valence-corrected chi connectivity index (χ4v) is 3.34. The van der Waals surface area contributed by atoms with E-state index in [1.807, 2.05) is 19.9 Å². The lowest BCUT2D eigenvalue weighted by molar-refractivity contribution is -0.137. The number of aromatic carboxylic acids is 1. The van der Waals surface area contributed by atoms with Gasteiger partial charge in [-0.15, -0.1) is 0 Å². The maximum absolute atomic E-state index is 13.0. The van der Waals surface area contributed by atoms with Crippen LogP contribution in [0.25, 0.3) is 0 Å². The topological polar surface area (TPSA) is 99.4 Å². The summed E-state index contributed by atoms with van der Waals surface area (Å²) in [7, 11) is 0. The third-order valence-electron chi connectivity index (χ3n) is 5.15. The van der Waals surface area contributed by atoms with Crippen molar-refractivity contribution < 1.29 is 19.4 Å². The summed E-state index contributed by atoms with van der Waals surface area (Å²) >= 11 is 0. The van der Waals surface area contributed by atoms with E-state index in [4.69, 9.17) is 15.1 Å². The Morgan fingerprint density at radius 2 is 1.90 bits per heavy atom. The predicted octanol–water partition coefficient (Wildman–Crippen LogP) is 3.60. The third kappa shape index (κ3) is 4.82. The molecule has 3 rings (SSSR count). The summed E-state index contributed by atoms with van der Waals surface area (Å²) in [5.74, 6) is -1.19. The molecule has 2 aromatic rings. The average molecular weight is 392 g/mol. The number of ether oxygens (including phenoxy) is 1. The fraction of sp³-hybridized carbons (Fsp3) is 0.348. The van der Waals surface area contributed by atoms with E-state index in [9.17, 15) is 9.59 Å². The van der Waals surface area contributed by atoms with Gasteiger partial charge < -0.3 is 15.2 Å². The summed E-state index contributed by atoms with van der Waals surface area (Å²) in [4.78, 5) is 24.0. The van der Waals surface area contributed by atoms with Crippen LogP contribution in [-0.4, -0.2) is 23.1 Å². The van der Waals surface area contributed by atoms with Crippen molar-refractivity contribution in [2.45, 2.75) is 44.9 Å². The van der Waals surface area contributed by atoms with Gasteiger partial charge in [0.25, 0.3) is 0 Å². The Balaban J connectivity index is 1.67. The third-order valence-corrected chi connectivity index (χ3v) is 5.15. The molecule has 150 valence electrons. The minimum Gasteiger partial charge on any atom is -0.478 e. The Morgan fingerprint density at radius 1 is 1.21 bits per heavy atom. The first-order valence-electron chi connectivity index (χ1n) is 9.61. The van der Waals surface area contributed by atoms with Crippen LogP contribution in [-0.2, 0) is 21.7 Å². The number of nitrogens with zero attached hydrogens (tertiary/aromatic N) is 1. The van der Waals surface area contributed by atoms with E-state index >= 15 is 0 Å². The molecule has 6 heteroatoms. The van der Waals surface area contributed by atoms with Crippen LogP contribution in [0.1, 0.15) is 53.7 Å². The first kappa shape index (κ1) is 20.6. The van der Waals surface area contributed by atoms with E-state index in [1.165, 1.54) is 0 Å². The molecule has 1 aliphatic carbocycles. The van der Waals surface area contributed by atoms with Gasteiger partial charge >= 0.3 is 5.97 Å². The van der Waals surface area contributed by atoms with Crippen molar-refractivity contribution in [3.8, 4) is 6.07 Å². The highest BCUT2D eigenvalue weighted by molar-refractivity contribution is 5.87. The largest absolute Gasteiger partial charge is 0.478 e. The lowest BCUT2D eigenvalue weighted by Crippen LogP contribution is -2.44. The quantitative estimate of drug-likeness (QED) is 0.715. The summed E-state index contributed by atoms with van der Waals surface area (Å²) in [6.45, 7) is 4.10. The lowest BCUT2D eigenvalue weighted by Gasteiger charge is -2.25. The minimum absolute atomic E-state index is 0.0284. The van der Waals surface area contributed by atoms with E-state index < -0.39 is 17.6 Å². The lowest BCUT2D eigenvalue weighted by atomic mass is 10.0. The van der Waals surface area contributed by atoms with Crippen molar-refractivity contribution in [3.63, 3.8) is 0 Å². The molecular formula is C23H24N2O4. The van der Waals surface area contributed by atoms with Crippen LogP contribution >= 0.6 is 0 Å². The number of hydrogen-bond acceptors (Lipinski definition) is 4. The second-order valence-electron chi connectivity index (χ2n) is 7.74. The summed E-state index contributed by atoms with van der Waals surface area (Å²) in [6, 6.07) is 15.9. The van der Waals surface area contributed by atoms with Crippen LogP contribution in [0, 0.1) is 17.2 Å². The van der Waals surface area contributed by atoms with Gasteiger partial charge in [0.15, 0.2) is 0 Å². The molecule has 0 aliphatic heterocycles. The van der Waals surface area contributed by atoms with Crippen molar-refractivity contribution in [3.05, 3.63) is 70.8 Å². The first-order valence-corrected chi connectivity index (χ1v) is 9.61. The Labute approximate surface area is 170 Å². The average Bonchev–Trinajstić information content (AvgIpc) is 3.48. The molecule has 0 unspecified atom stereocenters. The number of amides is 1. The van der Waals surface area contributed by atoms with Crippen LogP contribution in [0.5, 0.6) is 0 Å². The first-order chi connectivity index (χ1) is 13.8. The van der Waals surface area contributed by atoms with E-state index in [-0.39, 0.29) is 24.0 Å². The maximum Gasteiger partial charge on any atom is 0.335 e. The van der Waals surface area contributed by atoms with Gasteiger partial charge in [-0.25, -0.2) is 4.79 Å². The number of nitrogens with one attached hydrogen (secondary N) is 1. The molecule has 0 bridgehead atoms. The van der Waals surface area contributed by atoms with Crippen LogP contribution in [0.15, 0.2) is 48.5 Å². The molecule has 6 nitrogen and oxygen atoms in total. The molecule has 0 radical (unpaired) electrons. The molecule has 1 fully saturated rings. The smallest absolute Gasteiger partial charge is 0.335 e. The minimum atomic E-state index is -0.973. The van der Waals surface area contributed by atoms with Gasteiger partial charge in [-0.05, 0) is 54.2 Å². The molecule has 1 saturated carbocycles. The number of nitriles is 1. The molecule has 0 aromatic heterocycles. The molecule has 29 heavy (non-hydrogen) atoms. The highest BCUT2D eigenvalue weighted by Gasteiger charge is 2.46. The second-order valence-corrected chi connectivity index (χ2v) is 7.74. The van der Waals surface area contributed by atoms with Crippen molar-refractivity contribution in [1.82, 2.24) is 5.32 Å². The second kappa shape index (κ2) is 8.46. The Bertz CT molecular complexity index is 940. The van der Waals surface area contributed by atoms with Gasteiger partial charge in [-0.1, -0.05) is 38.1 Å². The Hall–Kier alpha value is -3.17. The number of rotatable bonds is 8. The van der Waals surface area contributed by atoms with E-state index in [0.717, 1.165) is 24.0 Å². The summed E-state index contributed by atoms with van der Waals surface area (Å²) in [5, 5.41) is 21.2. The number of carbonyl (C=O) groups excluding carboxylic acids is 1. The van der Waals surface area contributed by atoms with E-state index in [0.29, 0.717) is 5.56 Å². The highest BCUT2D eigenvalue weighted by atomic mass is 16.5. The van der Waals surface area contributed by atoms with Gasteiger partial charge in [0.1, 0.15) is 6.10 Å². The zero-order chi connectivity index (χ0) is 21.0. The van der Waals surface area contributed by atoms with Gasteiger partial charge in [0, 0.05) is 0 Å². The number of benzene rings is 2. The molecule has 2 N–H and O–H groups in total. The van der Waals surface area contributed by atoms with Crippen molar-refractivity contribution >= 4 is 11.9 Å². The van der Waals surface area contributed by atoms with Gasteiger partial charge in [0.05, 0.1) is 29.3 Å². The normalized spacial score (nSPS) is 15.4. The zero-order valence-electron chi connectivity index (χ0n) is 16.5. The summed E-state index contributed by atoms with van der Waals surface area (Å²) in [5.41, 5.74) is 2.07. The van der Waals surface area contributed by atoms with Crippen molar-refractivity contribution in [2.24, 2.45) is 5.92 Å². The molecule has 0 heterocycles. The number of carbonyl (C=O) groups is 2. The Kier molecular flexibility index (Phi) is 6.00. The summed E-state index contributed by atoms with van der Waals surface area (Å²) < 4.78 is 5.91. The van der Waals surface area contributed by atoms with Gasteiger partial charge in [0.2, 0.25) is 5.91 Å². The molecule has 1 aliphatic rings. The van der Waals surface area contributed by atoms with Gasteiger partial charge in [-0.3, -0.25) is 4.79 Å². The zero-order valence-corrected chi connectivity index (χ0v) is 16.5. The summed E-state index contributed by atoms with van der Waals surface area (Å²) in [6.07, 6.45) is 0.983. The molecule has 1 amide bonds. The molecule has 0 spiro atoms. The van der Waals surface area contributed by atoms with Gasteiger partial charge in [-0.2, -0.15) is 5.26 Å². The molecular weight excluding hydrogens is 368 g/mol. The molecule has 0 saturated heterocycles. The van der Waals surface area contributed by atoms with Crippen LogP contribution in [0.2, 0.25) is 0 Å². The van der Waals surface area contributed by atoms with E-state index in [2.05, 4.69) is 11.4 Å². The number of hydrogen-bond donors (Lipinski definition) is 2. The van der Waals surface area contributed by atoms with Crippen LogP contribution in [0.3, 0.4) is 0 Å². The van der Waals surface area contributed by atoms with Crippen LogP contribution in [0.4, 0.5) is 0 Å². The monoisotopic (exact) mass is 392 g/mol. The maximum atomic E-state index is 13.0. The fourth-order valence-electron chi connectivity index (χ4n) is 3.34. The molecule has 1 atom stereocenters. The predicted molar refractivity (Wildman–Crippen MR) is 107 cm³/mol.